The van der Waals surface area contributed by atoms with Crippen LogP contribution in [0.4, 0.5) is 0 Å². The second-order valence-corrected chi connectivity index (χ2v) is 6.34. The lowest BCUT2D eigenvalue weighted by Crippen LogP contribution is -2.54. The minimum atomic E-state index is 0.259. The minimum Gasteiger partial charge on any atom is -0.329 e. The standard InChI is InChI=1S/C13H28N2S/c1-3-4-5-6-7-13(2,12-14)15-8-10-16-11-9-15/h3-12,14H2,1-2H3. The molecule has 2 nitrogen and oxygen atoms in total. The first-order valence-electron chi connectivity index (χ1n) is 6.76. The van der Waals surface area contributed by atoms with Crippen LogP contribution in [0.3, 0.4) is 0 Å². The van der Waals surface area contributed by atoms with Crippen LogP contribution < -0.4 is 5.73 Å². The van der Waals surface area contributed by atoms with Crippen molar-refractivity contribution < 1.29 is 0 Å². The molecule has 0 radical (unpaired) electrons. The second kappa shape index (κ2) is 7.57. The van der Waals surface area contributed by atoms with Crippen LogP contribution in [0.1, 0.15) is 46.0 Å². The maximum atomic E-state index is 6.00. The zero-order valence-corrected chi connectivity index (χ0v) is 11.8. The van der Waals surface area contributed by atoms with Gasteiger partial charge >= 0.3 is 0 Å². The first kappa shape index (κ1) is 14.3. The highest BCUT2D eigenvalue weighted by molar-refractivity contribution is 7.99. The molecule has 96 valence electrons. The van der Waals surface area contributed by atoms with Gasteiger partial charge in [-0.3, -0.25) is 4.90 Å². The van der Waals surface area contributed by atoms with Crippen LogP contribution in [0.15, 0.2) is 0 Å². The van der Waals surface area contributed by atoms with Crippen LogP contribution in [0.5, 0.6) is 0 Å². The van der Waals surface area contributed by atoms with Gasteiger partial charge in [0.2, 0.25) is 0 Å². The molecule has 0 aromatic carbocycles. The molecule has 1 aliphatic heterocycles. The van der Waals surface area contributed by atoms with E-state index in [1.165, 1.54) is 56.7 Å². The average Bonchev–Trinajstić information content (AvgIpc) is 2.35. The van der Waals surface area contributed by atoms with Crippen molar-refractivity contribution in [2.75, 3.05) is 31.1 Å². The van der Waals surface area contributed by atoms with Crippen molar-refractivity contribution in [2.24, 2.45) is 5.73 Å². The topological polar surface area (TPSA) is 29.3 Å². The van der Waals surface area contributed by atoms with Crippen molar-refractivity contribution in [3.63, 3.8) is 0 Å². The van der Waals surface area contributed by atoms with Crippen molar-refractivity contribution in [2.45, 2.75) is 51.5 Å². The van der Waals surface area contributed by atoms with Crippen LogP contribution >= 0.6 is 11.8 Å². The summed E-state index contributed by atoms with van der Waals surface area (Å²) in [6.07, 6.45) is 6.67. The highest BCUT2D eigenvalue weighted by Gasteiger charge is 2.30. The van der Waals surface area contributed by atoms with Crippen molar-refractivity contribution >= 4 is 11.8 Å². The molecule has 1 rings (SSSR count). The maximum absolute atomic E-state index is 6.00. The molecular weight excluding hydrogens is 216 g/mol. The highest BCUT2D eigenvalue weighted by atomic mass is 32.2. The molecule has 0 aromatic rings. The van der Waals surface area contributed by atoms with Crippen LogP contribution in [0.25, 0.3) is 0 Å². The number of rotatable bonds is 7. The zero-order chi connectivity index (χ0) is 11.9. The fourth-order valence-corrected chi connectivity index (χ4v) is 3.33. The molecule has 0 bridgehead atoms. The summed E-state index contributed by atoms with van der Waals surface area (Å²) in [5.74, 6) is 2.56. The van der Waals surface area contributed by atoms with Gasteiger partial charge in [0, 0.05) is 36.7 Å². The molecule has 1 unspecified atom stereocenters. The van der Waals surface area contributed by atoms with Gasteiger partial charge in [0.25, 0.3) is 0 Å². The number of thioether (sulfide) groups is 1. The van der Waals surface area contributed by atoms with Gasteiger partial charge in [0.05, 0.1) is 0 Å². The fraction of sp³-hybridized carbons (Fsp3) is 1.00. The minimum absolute atomic E-state index is 0.259. The maximum Gasteiger partial charge on any atom is 0.0304 e. The van der Waals surface area contributed by atoms with E-state index in [1.807, 2.05) is 0 Å². The summed E-state index contributed by atoms with van der Waals surface area (Å²) < 4.78 is 0. The molecule has 2 N–H and O–H groups in total. The van der Waals surface area contributed by atoms with Gasteiger partial charge in [-0.25, -0.2) is 0 Å². The van der Waals surface area contributed by atoms with Gasteiger partial charge in [-0.05, 0) is 13.3 Å². The summed E-state index contributed by atoms with van der Waals surface area (Å²) in [5, 5.41) is 0. The molecule has 1 aliphatic rings. The number of hydrogen-bond acceptors (Lipinski definition) is 3. The van der Waals surface area contributed by atoms with E-state index >= 15 is 0 Å². The Morgan fingerprint density at radius 2 is 1.88 bits per heavy atom. The summed E-state index contributed by atoms with van der Waals surface area (Å²) in [4.78, 5) is 2.62. The quantitative estimate of drug-likeness (QED) is 0.698. The Balaban J connectivity index is 2.35. The Morgan fingerprint density at radius 1 is 1.19 bits per heavy atom. The first-order chi connectivity index (χ1) is 7.73. The van der Waals surface area contributed by atoms with Crippen molar-refractivity contribution in [3.8, 4) is 0 Å². The first-order valence-corrected chi connectivity index (χ1v) is 7.91. The Kier molecular flexibility index (Phi) is 6.78. The van der Waals surface area contributed by atoms with Gasteiger partial charge in [0.15, 0.2) is 0 Å². The van der Waals surface area contributed by atoms with Crippen LogP contribution in [-0.4, -0.2) is 41.6 Å². The molecule has 1 heterocycles. The number of hydrogen-bond donors (Lipinski definition) is 1. The van der Waals surface area contributed by atoms with E-state index in [-0.39, 0.29) is 5.54 Å². The van der Waals surface area contributed by atoms with E-state index in [4.69, 9.17) is 5.73 Å². The Bertz CT molecular complexity index is 181. The van der Waals surface area contributed by atoms with E-state index in [1.54, 1.807) is 0 Å². The number of unbranched alkanes of at least 4 members (excludes halogenated alkanes) is 3. The molecular formula is C13H28N2S. The highest BCUT2D eigenvalue weighted by Crippen LogP contribution is 2.25. The molecule has 1 atom stereocenters. The van der Waals surface area contributed by atoms with Crippen LogP contribution in [0, 0.1) is 0 Å². The lowest BCUT2D eigenvalue weighted by molar-refractivity contribution is 0.111. The molecule has 0 aromatic heterocycles. The predicted molar refractivity (Wildman–Crippen MR) is 75.1 cm³/mol. The fourth-order valence-electron chi connectivity index (χ4n) is 2.43. The van der Waals surface area contributed by atoms with Gasteiger partial charge in [-0.2, -0.15) is 11.8 Å². The van der Waals surface area contributed by atoms with Gasteiger partial charge < -0.3 is 5.73 Å². The Labute approximate surface area is 105 Å². The van der Waals surface area contributed by atoms with Crippen LogP contribution in [0.2, 0.25) is 0 Å². The molecule has 1 saturated heterocycles. The average molecular weight is 244 g/mol. The summed E-state index contributed by atoms with van der Waals surface area (Å²) in [6, 6.07) is 0. The Morgan fingerprint density at radius 3 is 2.44 bits per heavy atom. The molecule has 0 amide bonds. The predicted octanol–water partition coefficient (Wildman–Crippen LogP) is 2.72. The molecule has 3 heteroatoms. The summed E-state index contributed by atoms with van der Waals surface area (Å²) in [7, 11) is 0. The monoisotopic (exact) mass is 244 g/mol. The lowest BCUT2D eigenvalue weighted by Gasteiger charge is -2.43. The third-order valence-electron chi connectivity index (χ3n) is 3.78. The van der Waals surface area contributed by atoms with E-state index < -0.39 is 0 Å². The van der Waals surface area contributed by atoms with E-state index in [0.29, 0.717) is 0 Å². The summed E-state index contributed by atoms with van der Waals surface area (Å²) in [5.41, 5.74) is 6.26. The van der Waals surface area contributed by atoms with Gasteiger partial charge in [-0.15, -0.1) is 0 Å². The normalized spacial score (nSPS) is 21.9. The van der Waals surface area contributed by atoms with Crippen LogP contribution in [-0.2, 0) is 0 Å². The van der Waals surface area contributed by atoms with E-state index in [0.717, 1.165) is 6.54 Å². The number of nitrogens with zero attached hydrogens (tertiary/aromatic N) is 1. The third kappa shape index (κ3) is 4.27. The SMILES string of the molecule is CCCCCCC(C)(CN)N1CCSCC1. The molecule has 0 saturated carbocycles. The van der Waals surface area contributed by atoms with E-state index in [2.05, 4.69) is 30.5 Å². The second-order valence-electron chi connectivity index (χ2n) is 5.11. The largest absolute Gasteiger partial charge is 0.329 e. The summed E-state index contributed by atoms with van der Waals surface area (Å²) in [6.45, 7) is 7.89. The van der Waals surface area contributed by atoms with E-state index in [9.17, 15) is 0 Å². The summed E-state index contributed by atoms with van der Waals surface area (Å²) >= 11 is 2.07. The van der Waals surface area contributed by atoms with Crippen molar-refractivity contribution in [3.05, 3.63) is 0 Å². The molecule has 0 aliphatic carbocycles. The van der Waals surface area contributed by atoms with Crippen molar-refractivity contribution in [1.82, 2.24) is 4.90 Å². The molecule has 16 heavy (non-hydrogen) atoms. The smallest absolute Gasteiger partial charge is 0.0304 e. The van der Waals surface area contributed by atoms with Crippen molar-refractivity contribution in [1.29, 1.82) is 0 Å². The Hall–Kier alpha value is 0.270. The molecule has 0 spiro atoms. The zero-order valence-electron chi connectivity index (χ0n) is 11.0. The van der Waals surface area contributed by atoms with Gasteiger partial charge in [-0.1, -0.05) is 32.6 Å². The molecule has 1 fully saturated rings. The lowest BCUT2D eigenvalue weighted by atomic mass is 9.92. The number of nitrogens with two attached hydrogens (primary N) is 1. The van der Waals surface area contributed by atoms with Gasteiger partial charge in [0.1, 0.15) is 0 Å². The third-order valence-corrected chi connectivity index (χ3v) is 4.73.